The molecular formula is C16H23N3O4. The number of likely N-dealkylation sites (N-methyl/N-ethyl adjacent to an activating group) is 2. The number of likely N-dealkylation sites (tertiary alicyclic amines) is 1. The molecule has 1 aromatic heterocycles. The maximum Gasteiger partial charge on any atom is 0.337 e. The Labute approximate surface area is 135 Å². The minimum Gasteiger partial charge on any atom is -0.478 e. The quantitative estimate of drug-likeness (QED) is 0.867. The van der Waals surface area contributed by atoms with Gasteiger partial charge in [0.25, 0.3) is 5.91 Å². The zero-order valence-electron chi connectivity index (χ0n) is 13.9. The van der Waals surface area contributed by atoms with Crippen LogP contribution in [0.1, 0.15) is 33.0 Å². The number of aryl methyl sites for hydroxylation is 1. The molecule has 2 rings (SSSR count). The molecular weight excluding hydrogens is 298 g/mol. The van der Waals surface area contributed by atoms with Gasteiger partial charge in [0.1, 0.15) is 5.69 Å². The van der Waals surface area contributed by atoms with Gasteiger partial charge in [-0.1, -0.05) is 0 Å². The summed E-state index contributed by atoms with van der Waals surface area (Å²) >= 11 is 0. The highest BCUT2D eigenvalue weighted by atomic mass is 16.5. The Hall–Kier alpha value is -1.99. The van der Waals surface area contributed by atoms with Gasteiger partial charge in [-0.3, -0.25) is 9.69 Å². The van der Waals surface area contributed by atoms with Crippen molar-refractivity contribution in [2.45, 2.75) is 25.5 Å². The third-order valence-corrected chi connectivity index (χ3v) is 4.35. The van der Waals surface area contributed by atoms with E-state index in [0.717, 1.165) is 13.0 Å². The van der Waals surface area contributed by atoms with Gasteiger partial charge in [0.05, 0.1) is 17.4 Å². The van der Waals surface area contributed by atoms with E-state index in [4.69, 9.17) is 9.84 Å². The van der Waals surface area contributed by atoms with Crippen LogP contribution in [-0.2, 0) is 4.74 Å². The summed E-state index contributed by atoms with van der Waals surface area (Å²) < 4.78 is 5.38. The minimum atomic E-state index is -1.04. The number of carbonyl (C=O) groups is 2. The number of amides is 1. The fourth-order valence-corrected chi connectivity index (χ4v) is 2.91. The fourth-order valence-electron chi connectivity index (χ4n) is 2.91. The second-order valence-corrected chi connectivity index (χ2v) is 6.01. The van der Waals surface area contributed by atoms with Gasteiger partial charge < -0.3 is 14.7 Å². The van der Waals surface area contributed by atoms with Gasteiger partial charge in [-0.15, -0.1) is 0 Å². The van der Waals surface area contributed by atoms with Crippen molar-refractivity contribution >= 4 is 11.9 Å². The number of aromatic carboxylic acids is 1. The second kappa shape index (κ2) is 7.06. The van der Waals surface area contributed by atoms with E-state index in [2.05, 4.69) is 9.88 Å². The molecule has 2 heterocycles. The number of rotatable bonds is 5. The van der Waals surface area contributed by atoms with Crippen molar-refractivity contribution in [1.29, 1.82) is 0 Å². The molecule has 1 aliphatic heterocycles. The van der Waals surface area contributed by atoms with Crippen molar-refractivity contribution < 1.29 is 19.4 Å². The molecule has 0 bridgehead atoms. The molecule has 1 amide bonds. The minimum absolute atomic E-state index is 0.114. The number of pyridine rings is 1. The first-order valence-electron chi connectivity index (χ1n) is 7.53. The van der Waals surface area contributed by atoms with Gasteiger partial charge in [-0.05, 0) is 32.5 Å². The van der Waals surface area contributed by atoms with Crippen LogP contribution in [0.5, 0.6) is 0 Å². The molecule has 1 aromatic rings. The maximum atomic E-state index is 12.5. The van der Waals surface area contributed by atoms with Crippen molar-refractivity contribution in [1.82, 2.24) is 14.8 Å². The first-order valence-corrected chi connectivity index (χ1v) is 7.53. The summed E-state index contributed by atoms with van der Waals surface area (Å²) in [7, 11) is 5.46. The van der Waals surface area contributed by atoms with E-state index in [1.165, 1.54) is 12.1 Å². The molecule has 1 N–H and O–H groups in total. The number of carboxylic acid groups (broad SMARTS) is 1. The van der Waals surface area contributed by atoms with Crippen molar-refractivity contribution in [2.75, 3.05) is 34.3 Å². The van der Waals surface area contributed by atoms with Crippen LogP contribution in [0.3, 0.4) is 0 Å². The van der Waals surface area contributed by atoms with E-state index < -0.39 is 5.97 Å². The van der Waals surface area contributed by atoms with Crippen molar-refractivity contribution in [3.05, 3.63) is 29.1 Å². The topological polar surface area (TPSA) is 83.0 Å². The zero-order valence-corrected chi connectivity index (χ0v) is 13.9. The number of ether oxygens (including phenoxy) is 1. The Balaban J connectivity index is 2.05. The van der Waals surface area contributed by atoms with Crippen LogP contribution in [0.25, 0.3) is 0 Å². The number of hydrogen-bond acceptors (Lipinski definition) is 5. The van der Waals surface area contributed by atoms with Gasteiger partial charge >= 0.3 is 5.97 Å². The summed E-state index contributed by atoms with van der Waals surface area (Å²) in [6.45, 7) is 3.03. The maximum absolute atomic E-state index is 12.5. The van der Waals surface area contributed by atoms with Crippen molar-refractivity contribution in [3.8, 4) is 0 Å². The standard InChI is InChI=1S/C16H23N3O4/c1-10-13(16(21)22)5-6-14(17-10)15(20)19(3)8-11-7-12(23-4)9-18(11)2/h5-6,11-12H,7-9H2,1-4H3,(H,21,22)/t11-,12-/m0/s1. The Bertz CT molecular complexity index is 605. The van der Waals surface area contributed by atoms with Gasteiger partial charge in [0.2, 0.25) is 0 Å². The number of methoxy groups -OCH3 is 1. The summed E-state index contributed by atoms with van der Waals surface area (Å²) in [6.07, 6.45) is 1.08. The molecule has 7 heteroatoms. The van der Waals surface area contributed by atoms with Crippen molar-refractivity contribution in [2.24, 2.45) is 0 Å². The van der Waals surface area contributed by atoms with Gasteiger partial charge in [0, 0.05) is 33.3 Å². The second-order valence-electron chi connectivity index (χ2n) is 6.01. The van der Waals surface area contributed by atoms with E-state index in [1.807, 2.05) is 7.05 Å². The summed E-state index contributed by atoms with van der Waals surface area (Å²) in [6, 6.07) is 3.13. The van der Waals surface area contributed by atoms with E-state index in [1.54, 1.807) is 26.0 Å². The van der Waals surface area contributed by atoms with Gasteiger partial charge in [-0.2, -0.15) is 0 Å². The molecule has 1 saturated heterocycles. The Morgan fingerprint density at radius 2 is 2.17 bits per heavy atom. The van der Waals surface area contributed by atoms with E-state index in [0.29, 0.717) is 12.2 Å². The first-order chi connectivity index (χ1) is 10.8. The highest BCUT2D eigenvalue weighted by molar-refractivity contribution is 5.94. The molecule has 0 aliphatic carbocycles. The molecule has 0 spiro atoms. The van der Waals surface area contributed by atoms with E-state index in [-0.39, 0.29) is 29.3 Å². The highest BCUT2D eigenvalue weighted by Crippen LogP contribution is 2.19. The lowest BCUT2D eigenvalue weighted by molar-refractivity contribution is 0.0692. The zero-order chi connectivity index (χ0) is 17.1. The average molecular weight is 321 g/mol. The normalized spacial score (nSPS) is 21.4. The lowest BCUT2D eigenvalue weighted by Crippen LogP contribution is -2.39. The summed E-state index contributed by atoms with van der Waals surface area (Å²) in [4.78, 5) is 31.4. The van der Waals surface area contributed by atoms with Crippen LogP contribution in [0.2, 0.25) is 0 Å². The van der Waals surface area contributed by atoms with Crippen LogP contribution in [-0.4, -0.2) is 78.2 Å². The summed E-state index contributed by atoms with van der Waals surface area (Å²) in [5.74, 6) is -1.25. The smallest absolute Gasteiger partial charge is 0.337 e. The van der Waals surface area contributed by atoms with E-state index >= 15 is 0 Å². The molecule has 7 nitrogen and oxygen atoms in total. The third-order valence-electron chi connectivity index (χ3n) is 4.35. The molecule has 0 radical (unpaired) electrons. The fraction of sp³-hybridized carbons (Fsp3) is 0.562. The molecule has 0 unspecified atom stereocenters. The van der Waals surface area contributed by atoms with Crippen LogP contribution < -0.4 is 0 Å². The largest absolute Gasteiger partial charge is 0.478 e. The number of nitrogens with zero attached hydrogens (tertiary/aromatic N) is 3. The molecule has 0 saturated carbocycles. The molecule has 1 aliphatic rings. The average Bonchev–Trinajstić information content (AvgIpc) is 2.86. The van der Waals surface area contributed by atoms with Crippen LogP contribution in [0.4, 0.5) is 0 Å². The monoisotopic (exact) mass is 321 g/mol. The number of hydrogen-bond donors (Lipinski definition) is 1. The van der Waals surface area contributed by atoms with E-state index in [9.17, 15) is 9.59 Å². The lowest BCUT2D eigenvalue weighted by Gasteiger charge is -2.25. The van der Waals surface area contributed by atoms with Crippen LogP contribution in [0.15, 0.2) is 12.1 Å². The Morgan fingerprint density at radius 3 is 2.70 bits per heavy atom. The highest BCUT2D eigenvalue weighted by Gasteiger charge is 2.31. The number of carboxylic acids is 1. The SMILES string of the molecule is CO[C@H]1C[C@@H](CN(C)C(=O)c2ccc(C(=O)O)c(C)n2)N(C)C1. The predicted octanol–water partition coefficient (Wildman–Crippen LogP) is 0.879. The molecule has 2 atom stereocenters. The summed E-state index contributed by atoms with van der Waals surface area (Å²) in [5.41, 5.74) is 0.718. The first kappa shape index (κ1) is 17.4. The Morgan fingerprint density at radius 1 is 1.48 bits per heavy atom. The van der Waals surface area contributed by atoms with Crippen LogP contribution >= 0.6 is 0 Å². The number of aromatic nitrogens is 1. The molecule has 0 aromatic carbocycles. The number of carbonyl (C=O) groups excluding carboxylic acids is 1. The lowest BCUT2D eigenvalue weighted by atomic mass is 10.1. The van der Waals surface area contributed by atoms with Gasteiger partial charge in [-0.25, -0.2) is 9.78 Å². The Kier molecular flexibility index (Phi) is 5.33. The van der Waals surface area contributed by atoms with Gasteiger partial charge in [0.15, 0.2) is 0 Å². The predicted molar refractivity (Wildman–Crippen MR) is 84.7 cm³/mol. The molecule has 1 fully saturated rings. The molecule has 23 heavy (non-hydrogen) atoms. The van der Waals surface area contributed by atoms with Crippen molar-refractivity contribution in [3.63, 3.8) is 0 Å². The third kappa shape index (κ3) is 3.86. The van der Waals surface area contributed by atoms with Crippen LogP contribution in [0, 0.1) is 6.92 Å². The summed E-state index contributed by atoms with van der Waals surface area (Å²) in [5, 5.41) is 9.02. The molecule has 126 valence electrons.